The first-order valence-corrected chi connectivity index (χ1v) is 7.08. The number of piperidine rings is 1. The van der Waals surface area contributed by atoms with Crippen molar-refractivity contribution in [2.45, 2.75) is 76.9 Å². The molecule has 0 N–H and O–H groups in total. The standard InChI is InChI=1S/C14H27NO2/c1-5-15-10(2)6-13(7-11(15)3)17-14-8-12(9-14)16-4/h10-14H,5-9H2,1-4H3. The van der Waals surface area contributed by atoms with Gasteiger partial charge in [0, 0.05) is 19.2 Å². The van der Waals surface area contributed by atoms with Gasteiger partial charge in [0.25, 0.3) is 0 Å². The number of methoxy groups -OCH3 is 1. The fourth-order valence-corrected chi connectivity index (χ4v) is 3.39. The average Bonchev–Trinajstić information content (AvgIpc) is 2.22. The molecule has 0 aromatic heterocycles. The van der Waals surface area contributed by atoms with Gasteiger partial charge < -0.3 is 9.47 Å². The lowest BCUT2D eigenvalue weighted by Crippen LogP contribution is -2.50. The lowest BCUT2D eigenvalue weighted by molar-refractivity contribution is -0.136. The third-order valence-corrected chi connectivity index (χ3v) is 4.48. The first-order valence-electron chi connectivity index (χ1n) is 7.08. The van der Waals surface area contributed by atoms with Crippen LogP contribution in [0.1, 0.15) is 46.5 Å². The fraction of sp³-hybridized carbons (Fsp3) is 1.00. The smallest absolute Gasteiger partial charge is 0.0628 e. The van der Waals surface area contributed by atoms with Crippen molar-refractivity contribution in [1.29, 1.82) is 0 Å². The molecule has 1 aliphatic heterocycles. The molecular weight excluding hydrogens is 214 g/mol. The number of ether oxygens (including phenoxy) is 2. The molecule has 0 aromatic rings. The zero-order valence-corrected chi connectivity index (χ0v) is 11.7. The Bertz CT molecular complexity index is 228. The van der Waals surface area contributed by atoms with Crippen molar-refractivity contribution < 1.29 is 9.47 Å². The topological polar surface area (TPSA) is 21.7 Å². The van der Waals surface area contributed by atoms with Crippen LogP contribution in [0.25, 0.3) is 0 Å². The monoisotopic (exact) mass is 241 g/mol. The Morgan fingerprint density at radius 3 is 1.94 bits per heavy atom. The van der Waals surface area contributed by atoms with Gasteiger partial charge in [-0.1, -0.05) is 6.92 Å². The highest BCUT2D eigenvalue weighted by Crippen LogP contribution is 2.31. The van der Waals surface area contributed by atoms with Gasteiger partial charge in [-0.3, -0.25) is 4.90 Å². The Hall–Kier alpha value is -0.120. The quantitative estimate of drug-likeness (QED) is 0.754. The molecule has 2 fully saturated rings. The van der Waals surface area contributed by atoms with E-state index in [0.717, 1.165) is 19.4 Å². The zero-order valence-electron chi connectivity index (χ0n) is 11.7. The highest BCUT2D eigenvalue weighted by molar-refractivity contribution is 4.87. The maximum Gasteiger partial charge on any atom is 0.0628 e. The van der Waals surface area contributed by atoms with Crippen LogP contribution in [0.2, 0.25) is 0 Å². The Kier molecular flexibility index (Phi) is 4.45. The maximum atomic E-state index is 6.19. The van der Waals surface area contributed by atoms with E-state index in [4.69, 9.17) is 9.47 Å². The molecule has 1 saturated heterocycles. The zero-order chi connectivity index (χ0) is 12.4. The van der Waals surface area contributed by atoms with Crippen LogP contribution in [0.4, 0.5) is 0 Å². The van der Waals surface area contributed by atoms with E-state index in [2.05, 4.69) is 25.7 Å². The second-order valence-corrected chi connectivity index (χ2v) is 5.71. The molecule has 0 radical (unpaired) electrons. The SMILES string of the molecule is CCN1C(C)CC(OC2CC(OC)C2)CC1C. The van der Waals surface area contributed by atoms with Gasteiger partial charge in [0.2, 0.25) is 0 Å². The molecular formula is C14H27NO2. The van der Waals surface area contributed by atoms with E-state index < -0.39 is 0 Å². The van der Waals surface area contributed by atoms with E-state index in [1.807, 2.05) is 0 Å². The molecule has 0 amide bonds. The van der Waals surface area contributed by atoms with Crippen molar-refractivity contribution in [2.75, 3.05) is 13.7 Å². The summed E-state index contributed by atoms with van der Waals surface area (Å²) in [5.74, 6) is 0. The summed E-state index contributed by atoms with van der Waals surface area (Å²) in [4.78, 5) is 2.58. The van der Waals surface area contributed by atoms with Gasteiger partial charge in [-0.05, 0) is 46.1 Å². The molecule has 1 aliphatic carbocycles. The summed E-state index contributed by atoms with van der Waals surface area (Å²) < 4.78 is 11.5. The molecule has 2 aliphatic rings. The second kappa shape index (κ2) is 5.68. The third kappa shape index (κ3) is 3.01. The van der Waals surface area contributed by atoms with Gasteiger partial charge in [0.05, 0.1) is 18.3 Å². The minimum Gasteiger partial charge on any atom is -0.381 e. The second-order valence-electron chi connectivity index (χ2n) is 5.71. The van der Waals surface area contributed by atoms with E-state index in [-0.39, 0.29) is 0 Å². The molecule has 1 saturated carbocycles. The van der Waals surface area contributed by atoms with E-state index in [0.29, 0.717) is 30.4 Å². The summed E-state index contributed by atoms with van der Waals surface area (Å²) in [6, 6.07) is 1.32. The molecule has 3 nitrogen and oxygen atoms in total. The van der Waals surface area contributed by atoms with Crippen molar-refractivity contribution >= 4 is 0 Å². The molecule has 0 spiro atoms. The Morgan fingerprint density at radius 1 is 0.941 bits per heavy atom. The third-order valence-electron chi connectivity index (χ3n) is 4.48. The molecule has 0 aromatic carbocycles. The molecule has 2 atom stereocenters. The van der Waals surface area contributed by atoms with Crippen molar-refractivity contribution in [1.82, 2.24) is 4.90 Å². The predicted octanol–water partition coefficient (Wildman–Crippen LogP) is 2.44. The van der Waals surface area contributed by atoms with E-state index in [1.54, 1.807) is 7.11 Å². The van der Waals surface area contributed by atoms with Crippen LogP contribution in [0.3, 0.4) is 0 Å². The largest absolute Gasteiger partial charge is 0.381 e. The van der Waals surface area contributed by atoms with Crippen LogP contribution in [0.5, 0.6) is 0 Å². The summed E-state index contributed by atoms with van der Waals surface area (Å²) in [7, 11) is 1.80. The highest BCUT2D eigenvalue weighted by atomic mass is 16.5. The molecule has 1 heterocycles. The van der Waals surface area contributed by atoms with Crippen molar-refractivity contribution in [2.24, 2.45) is 0 Å². The number of hydrogen-bond acceptors (Lipinski definition) is 3. The molecule has 100 valence electrons. The number of rotatable bonds is 4. The number of nitrogens with zero attached hydrogens (tertiary/aromatic N) is 1. The van der Waals surface area contributed by atoms with Crippen LogP contribution in [0, 0.1) is 0 Å². The highest BCUT2D eigenvalue weighted by Gasteiger charge is 2.36. The van der Waals surface area contributed by atoms with Crippen molar-refractivity contribution in [3.8, 4) is 0 Å². The molecule has 17 heavy (non-hydrogen) atoms. The lowest BCUT2D eigenvalue weighted by Gasteiger charge is -2.44. The van der Waals surface area contributed by atoms with Crippen LogP contribution in [0.15, 0.2) is 0 Å². The summed E-state index contributed by atoms with van der Waals surface area (Å²) in [6.07, 6.45) is 5.92. The van der Waals surface area contributed by atoms with Crippen LogP contribution in [-0.2, 0) is 9.47 Å². The first-order chi connectivity index (χ1) is 8.13. The van der Waals surface area contributed by atoms with E-state index in [1.165, 1.54) is 12.8 Å². The summed E-state index contributed by atoms with van der Waals surface area (Å²) in [6.45, 7) is 8.07. The van der Waals surface area contributed by atoms with E-state index in [9.17, 15) is 0 Å². The summed E-state index contributed by atoms with van der Waals surface area (Å²) >= 11 is 0. The summed E-state index contributed by atoms with van der Waals surface area (Å²) in [5.41, 5.74) is 0. The van der Waals surface area contributed by atoms with Gasteiger partial charge in [-0.25, -0.2) is 0 Å². The lowest BCUT2D eigenvalue weighted by atomic mass is 9.90. The average molecular weight is 241 g/mol. The van der Waals surface area contributed by atoms with Gasteiger partial charge in [0.15, 0.2) is 0 Å². The molecule has 3 heteroatoms. The number of likely N-dealkylation sites (tertiary alicyclic amines) is 1. The van der Waals surface area contributed by atoms with Gasteiger partial charge >= 0.3 is 0 Å². The predicted molar refractivity (Wildman–Crippen MR) is 69.2 cm³/mol. The van der Waals surface area contributed by atoms with Gasteiger partial charge in [0.1, 0.15) is 0 Å². The first kappa shape index (κ1) is 13.3. The molecule has 2 unspecified atom stereocenters. The van der Waals surface area contributed by atoms with Gasteiger partial charge in [-0.15, -0.1) is 0 Å². The van der Waals surface area contributed by atoms with E-state index >= 15 is 0 Å². The Morgan fingerprint density at radius 2 is 1.47 bits per heavy atom. The number of hydrogen-bond donors (Lipinski definition) is 0. The Balaban J connectivity index is 1.76. The summed E-state index contributed by atoms with van der Waals surface area (Å²) in [5, 5.41) is 0. The molecule has 0 bridgehead atoms. The van der Waals surface area contributed by atoms with Crippen LogP contribution in [-0.4, -0.2) is 49.0 Å². The van der Waals surface area contributed by atoms with Crippen LogP contribution >= 0.6 is 0 Å². The van der Waals surface area contributed by atoms with Gasteiger partial charge in [-0.2, -0.15) is 0 Å². The van der Waals surface area contributed by atoms with Crippen LogP contribution < -0.4 is 0 Å². The Labute approximate surface area is 105 Å². The minimum absolute atomic E-state index is 0.450. The minimum atomic E-state index is 0.450. The molecule has 2 rings (SSSR count). The van der Waals surface area contributed by atoms with Crippen molar-refractivity contribution in [3.05, 3.63) is 0 Å². The van der Waals surface area contributed by atoms with Crippen molar-refractivity contribution in [3.63, 3.8) is 0 Å². The normalized spacial score (nSPS) is 43.4. The maximum absolute atomic E-state index is 6.19. The fourth-order valence-electron chi connectivity index (χ4n) is 3.39.